The number of aliphatic hydroxyl groups excluding tert-OH is 29. The van der Waals surface area contributed by atoms with E-state index >= 15 is 0 Å². The summed E-state index contributed by atoms with van der Waals surface area (Å²) in [6.07, 6.45) is -102. The van der Waals surface area contributed by atoms with Crippen LogP contribution in [0.25, 0.3) is 0 Å². The van der Waals surface area contributed by atoms with Crippen LogP contribution in [-0.2, 0) is 138 Å². The van der Waals surface area contributed by atoms with Crippen LogP contribution in [0.5, 0.6) is 0 Å². The second-order valence-electron chi connectivity index (χ2n) is 37.3. The molecule has 0 aromatic heterocycles. The van der Waals surface area contributed by atoms with Crippen molar-refractivity contribution in [2.75, 3.05) is 72.7 Å². The summed E-state index contributed by atoms with van der Waals surface area (Å²) in [5.41, 5.74) is 0. The number of hydrogen-bond donors (Lipinski definition) is 33. The van der Waals surface area contributed by atoms with Crippen molar-refractivity contribution >= 4 is 36.6 Å². The lowest BCUT2D eigenvalue weighted by Crippen LogP contribution is -2.71. The number of ether oxygens (including phenoxy) is 23. The molecule has 21 unspecified atom stereocenters. The average Bonchev–Trinajstić information content (AvgIpc) is 0.758. The van der Waals surface area contributed by atoms with Gasteiger partial charge < -0.3 is 278 Å². The lowest BCUT2D eigenvalue weighted by atomic mass is 9.87. The van der Waals surface area contributed by atoms with E-state index in [0.717, 1.165) is 27.7 Å². The van der Waals surface area contributed by atoms with Crippen molar-refractivity contribution in [3.63, 3.8) is 0 Å². The van der Waals surface area contributed by atoms with Gasteiger partial charge in [-0.3, -0.25) is 28.8 Å². The quantitative estimate of drug-likeness (QED) is 0.0199. The predicted octanol–water partition coefficient (Wildman–Crippen LogP) is -21.3. The minimum absolute atomic E-state index is 0.156. The number of carbonyl (C=O) groups excluding carboxylic acids is 6. The maximum Gasteiger partial charge on any atom is 0.332 e. The highest BCUT2D eigenvalue weighted by Gasteiger charge is 2.64. The first-order chi connectivity index (χ1) is 68.6. The summed E-state index contributed by atoms with van der Waals surface area (Å²) in [6, 6.07) is -7.31. The molecule has 0 radical (unpaired) electrons. The van der Waals surface area contributed by atoms with Gasteiger partial charge >= 0.3 is 11.9 Å². The van der Waals surface area contributed by atoms with Crippen molar-refractivity contribution in [2.45, 2.75) is 398 Å². The topological polar surface area (TPSA) is 950 Å². The third-order valence-corrected chi connectivity index (χ3v) is 27.2. The first-order valence-electron chi connectivity index (χ1n) is 46.8. The first kappa shape index (κ1) is 120. The van der Waals surface area contributed by atoms with Gasteiger partial charge in [0.2, 0.25) is 23.6 Å². The zero-order valence-corrected chi connectivity index (χ0v) is 79.0. The standard InChI is InChI=1S/C83H138N4O58/c1-24-33(105)9-82(125-22-97,143-64(24)50(109)35(107)11-88)124-21-44-31(103)8-32(104)74(134-44)136-67-41(17-94)132-76(48(57(67)116)86-29(6)101)141-72-60(119)52(111)37(13-90)129-80(72)123-20-45-55(114)70(62(121)78(135-45)138-68-42(18-95)131-75(47(58(68)117)85-28(5)100)137-66-40(16-93)127-26(3)46(56(66)115)84-27(4)99)140-81-73(61(120)53(112)38(14-91)130-81)142-77-49(87-30(7)102)59(118)69(43(19-96)133-77)139-79-63(122)71(54(113)39(15-92)128-79)145-83(126-23-98)10-34(106)25(2)65(144-83)51(110)36(108)12-89/h22-26,31-81,88-96,103-122H,8-21H2,1-7H3,(H,84,99)(H,85,100)(H,86,101)(H,87,102)/t24-,25-,26+,31-,32?,33-,34-,35-,36-,37?,38?,39?,40?,41+,42?,43?,44?,45?,46?,47?,48?,49?,50-,51-,52-,53-,54+,55-,56-,57?,58-,59-,60+,61?,62?,63?,64?,65?,66-,67-,68-,69-,70+,71+,72?,73?,74+,75+,76+,77+,78+,79+,80+,81-,82+,83+/m1/s1. The summed E-state index contributed by atoms with van der Waals surface area (Å²) in [5, 5.41) is 338. The number of amides is 4. The molecule has 4 amide bonds. The fourth-order valence-corrected chi connectivity index (χ4v) is 19.2. The van der Waals surface area contributed by atoms with Crippen molar-refractivity contribution < 1.29 is 286 Å². The average molecular weight is 2120 g/mol. The smallest absolute Gasteiger partial charge is 0.332 e. The molecule has 56 atom stereocenters. The van der Waals surface area contributed by atoms with Crippen LogP contribution in [0.15, 0.2) is 0 Å². The van der Waals surface area contributed by atoms with E-state index in [-0.39, 0.29) is 12.9 Å². The van der Waals surface area contributed by atoms with E-state index in [4.69, 9.17) is 109 Å². The van der Waals surface area contributed by atoms with E-state index in [1.165, 1.54) is 20.8 Å². The van der Waals surface area contributed by atoms with Crippen molar-refractivity contribution in [3.8, 4) is 0 Å². The molecule has 11 fully saturated rings. The highest BCUT2D eigenvalue weighted by Crippen LogP contribution is 2.45. The Bertz CT molecular complexity index is 4030. The SMILES string of the molecule is CC(=O)NC1C(O)[C@H](O[C@@H]2OC(CO[C@]3(OC=O)C[C@@H](O)[C@@H](C)C([C@H](O)[C@H](O)CO)O3)[C@H](O)CC2O)[C@H](CO)O[C@H]1OC1[C@@H](OCC2O[C@@H](O[C@@H]3C(CO)O[C@@H](O[C@@H]4C(CO)O[C@@H](C)C(NC(C)=O)[C@H]4O)C(NC(C)=O)[C@H]3O)C(O)[C@@H](O[C@H]3OC(CO)[C@@H](O)C(O)C3O[C@@H]3OC(CO)[C@@H](O[C@@H]4OC(CO)[C@H](O)[C@H](O[C@]5(OC=O)C[C@@H](O)[C@@H](C)C([C@H](O)[C@H](O)CO)O5)C4O)[C@H](O)C3NC(C)=O)[C@@H]2O)OC(CO)[C@@H](O)[C@@H]1O. The fourth-order valence-electron chi connectivity index (χ4n) is 19.2. The molecule has 11 rings (SSSR count). The Labute approximate surface area is 823 Å². The number of aliphatic hydroxyl groups is 29. The molecule has 11 saturated heterocycles. The van der Waals surface area contributed by atoms with E-state index in [1.54, 1.807) is 0 Å². The summed E-state index contributed by atoms with van der Waals surface area (Å²) in [4.78, 5) is 76.3. The molecule has 0 aromatic carbocycles. The Kier molecular flexibility index (Phi) is 43.6. The predicted molar refractivity (Wildman–Crippen MR) is 451 cm³/mol. The van der Waals surface area contributed by atoms with E-state index < -0.39 is 458 Å². The maximum atomic E-state index is 13.3. The van der Waals surface area contributed by atoms with Crippen LogP contribution in [-0.4, -0.2) is 588 Å². The number of nitrogens with one attached hydrogen (secondary N) is 4. The lowest BCUT2D eigenvalue weighted by Gasteiger charge is -2.51. The van der Waals surface area contributed by atoms with E-state index in [9.17, 15) is 177 Å². The van der Waals surface area contributed by atoms with Gasteiger partial charge in [-0.25, -0.2) is 0 Å². The van der Waals surface area contributed by atoms with Gasteiger partial charge in [-0.05, 0) is 6.92 Å². The molecule has 0 aliphatic carbocycles. The summed E-state index contributed by atoms with van der Waals surface area (Å²) < 4.78 is 137. The van der Waals surface area contributed by atoms with Crippen molar-refractivity contribution in [3.05, 3.63) is 0 Å². The zero-order valence-electron chi connectivity index (χ0n) is 79.0. The van der Waals surface area contributed by atoms with Crippen LogP contribution in [0.4, 0.5) is 0 Å². The highest BCUT2D eigenvalue weighted by atomic mass is 16.9. The Morgan fingerprint density at radius 2 is 0.648 bits per heavy atom. The van der Waals surface area contributed by atoms with Gasteiger partial charge in [-0.15, -0.1) is 0 Å². The molecular weight excluding hydrogens is 1980 g/mol. The summed E-state index contributed by atoms with van der Waals surface area (Å²) in [5.74, 6) is -11.3. The molecule has 33 N–H and O–H groups in total. The second-order valence-corrected chi connectivity index (χ2v) is 37.3. The molecular formula is C83H138N4O58. The van der Waals surface area contributed by atoms with Gasteiger partial charge in [0.1, 0.15) is 226 Å². The fraction of sp³-hybridized carbons (Fsp3) is 0.928. The van der Waals surface area contributed by atoms with Crippen molar-refractivity contribution in [2.24, 2.45) is 11.8 Å². The first-order valence-corrected chi connectivity index (χ1v) is 46.8. The normalized spacial score (nSPS) is 47.2. The molecule has 11 heterocycles. The van der Waals surface area contributed by atoms with Crippen molar-refractivity contribution in [1.29, 1.82) is 0 Å². The summed E-state index contributed by atoms with van der Waals surface area (Å²) >= 11 is 0. The summed E-state index contributed by atoms with van der Waals surface area (Å²) in [7, 11) is 0. The van der Waals surface area contributed by atoms with Crippen LogP contribution in [0.2, 0.25) is 0 Å². The van der Waals surface area contributed by atoms with Crippen LogP contribution in [0.3, 0.4) is 0 Å². The van der Waals surface area contributed by atoms with Gasteiger partial charge in [0.05, 0.1) is 128 Å². The van der Waals surface area contributed by atoms with Gasteiger partial charge in [0.25, 0.3) is 12.9 Å². The Hall–Kier alpha value is -5.18. The van der Waals surface area contributed by atoms with E-state index in [1.807, 2.05) is 0 Å². The minimum Gasteiger partial charge on any atom is -0.410 e. The van der Waals surface area contributed by atoms with Gasteiger partial charge in [-0.1, -0.05) is 13.8 Å². The molecule has 62 heteroatoms. The minimum atomic E-state index is -2.91. The molecule has 145 heavy (non-hydrogen) atoms. The van der Waals surface area contributed by atoms with E-state index in [2.05, 4.69) is 21.3 Å². The Balaban J connectivity index is 0.893. The molecule has 0 aromatic rings. The Morgan fingerprint density at radius 3 is 1.08 bits per heavy atom. The molecule has 0 bridgehead atoms. The third-order valence-electron chi connectivity index (χ3n) is 27.2. The van der Waals surface area contributed by atoms with Crippen LogP contribution in [0.1, 0.15) is 67.7 Å². The largest absolute Gasteiger partial charge is 0.410 e. The lowest BCUT2D eigenvalue weighted by molar-refractivity contribution is -0.448. The monoisotopic (exact) mass is 2120 g/mol. The third kappa shape index (κ3) is 27.2. The molecule has 0 saturated carbocycles. The van der Waals surface area contributed by atoms with Gasteiger partial charge in [0, 0.05) is 46.0 Å². The molecule has 62 nitrogen and oxygen atoms in total. The van der Waals surface area contributed by atoms with Crippen LogP contribution in [0, 0.1) is 11.8 Å². The molecule has 11 aliphatic heterocycles. The molecule has 0 spiro atoms. The van der Waals surface area contributed by atoms with E-state index in [0.29, 0.717) is 0 Å². The van der Waals surface area contributed by atoms with Crippen LogP contribution >= 0.6 is 0 Å². The number of rotatable bonds is 43. The van der Waals surface area contributed by atoms with Crippen molar-refractivity contribution in [1.82, 2.24) is 21.3 Å². The Morgan fingerprint density at radius 1 is 0.324 bits per heavy atom. The van der Waals surface area contributed by atoms with Crippen LogP contribution < -0.4 is 21.3 Å². The number of carbonyl (C=O) groups is 6. The number of hydrogen-bond acceptors (Lipinski definition) is 58. The highest BCUT2D eigenvalue weighted by molar-refractivity contribution is 5.74. The second kappa shape index (κ2) is 52.6. The zero-order chi connectivity index (χ0) is 107. The molecule has 11 aliphatic rings. The molecule has 838 valence electrons. The van der Waals surface area contributed by atoms with Gasteiger partial charge in [0.15, 0.2) is 50.3 Å². The van der Waals surface area contributed by atoms with Gasteiger partial charge in [-0.2, -0.15) is 0 Å². The maximum absolute atomic E-state index is 13.3. The summed E-state index contributed by atoms with van der Waals surface area (Å²) in [6.45, 7) is -4.82.